The molecule has 0 bridgehead atoms. The number of amides is 3. The van der Waals surface area contributed by atoms with Crippen molar-refractivity contribution in [2.24, 2.45) is 0 Å². The van der Waals surface area contributed by atoms with E-state index < -0.39 is 28.9 Å². The van der Waals surface area contributed by atoms with Crippen LogP contribution in [0.3, 0.4) is 0 Å². The summed E-state index contributed by atoms with van der Waals surface area (Å²) in [6, 6.07) is -0.344. The van der Waals surface area contributed by atoms with Crippen molar-refractivity contribution in [2.45, 2.75) is 29.4 Å². The first-order valence-electron chi connectivity index (χ1n) is 5.15. The van der Waals surface area contributed by atoms with Gasteiger partial charge in [-0.2, -0.15) is 0 Å². The number of halogens is 1. The van der Waals surface area contributed by atoms with E-state index in [0.29, 0.717) is 6.54 Å². The predicted molar refractivity (Wildman–Crippen MR) is 55.8 cm³/mol. The molecule has 1 rings (SSSR count). The molecule has 16 heavy (non-hydrogen) atoms. The molecule has 5 nitrogen and oxygen atoms in total. The van der Waals surface area contributed by atoms with Gasteiger partial charge >= 0.3 is 111 Å². The Balaban J connectivity index is 2.67. The van der Waals surface area contributed by atoms with E-state index in [1.54, 1.807) is 21.0 Å². The molecule has 1 unspecified atom stereocenters. The molecule has 1 aliphatic rings. The van der Waals surface area contributed by atoms with Crippen LogP contribution in [0.25, 0.3) is 0 Å². The monoisotopic (exact) mass is 436 g/mol. The number of ether oxygens (including phenoxy) is 1. The van der Waals surface area contributed by atoms with E-state index in [1.807, 2.05) is 0 Å². The third-order valence-corrected chi connectivity index (χ3v) is 7.86. The van der Waals surface area contributed by atoms with Gasteiger partial charge in [-0.15, -0.1) is 0 Å². The second-order valence-electron chi connectivity index (χ2n) is 4.31. The molecule has 1 heterocycles. The van der Waals surface area contributed by atoms with Gasteiger partial charge in [0.1, 0.15) is 0 Å². The average Bonchev–Trinajstić information content (AvgIpc) is 2.39. The molecule has 7 heteroatoms. The van der Waals surface area contributed by atoms with Gasteiger partial charge < -0.3 is 0 Å². The van der Waals surface area contributed by atoms with Crippen molar-refractivity contribution >= 4 is 20.2 Å². The number of carbonyl (C=O) groups is 2. The SMILES string of the molecule is COC([CH2][Hg][Cl])CN1C(=O)NC(C)(C)C1=O. The van der Waals surface area contributed by atoms with Gasteiger partial charge in [0.05, 0.1) is 0 Å². The maximum atomic E-state index is 11.9. The normalized spacial score (nSPS) is 20.6. The zero-order valence-electron chi connectivity index (χ0n) is 9.75. The van der Waals surface area contributed by atoms with Crippen molar-refractivity contribution < 1.29 is 37.7 Å². The Hall–Kier alpha value is 0.125. The van der Waals surface area contributed by atoms with Gasteiger partial charge in [-0.25, -0.2) is 0 Å². The minimum absolute atomic E-state index is 0.109. The molecule has 1 N–H and O–H groups in total. The van der Waals surface area contributed by atoms with E-state index in [-0.39, 0.29) is 18.0 Å². The van der Waals surface area contributed by atoms with Crippen LogP contribution in [0.2, 0.25) is 3.93 Å². The molecule has 0 saturated carbocycles. The van der Waals surface area contributed by atoms with Crippen LogP contribution in [0.15, 0.2) is 0 Å². The summed E-state index contributed by atoms with van der Waals surface area (Å²) >= 11 is -1.33. The molecule has 0 aliphatic carbocycles. The van der Waals surface area contributed by atoms with Gasteiger partial charge in [0.25, 0.3) is 0 Å². The van der Waals surface area contributed by atoms with E-state index >= 15 is 0 Å². The fourth-order valence-electron chi connectivity index (χ4n) is 1.59. The van der Waals surface area contributed by atoms with E-state index in [1.165, 1.54) is 4.90 Å². The van der Waals surface area contributed by atoms with E-state index in [0.717, 1.165) is 3.93 Å². The molecule has 0 aromatic rings. The summed E-state index contributed by atoms with van der Waals surface area (Å²) in [5, 5.41) is 2.63. The second-order valence-corrected chi connectivity index (χ2v) is 11.3. The second kappa shape index (κ2) is 5.64. The van der Waals surface area contributed by atoms with E-state index in [2.05, 4.69) is 5.32 Å². The molecular formula is C9H15ClHgN2O3. The zero-order valence-corrected chi connectivity index (χ0v) is 16.0. The summed E-state index contributed by atoms with van der Waals surface area (Å²) in [6.07, 6.45) is -0.109. The number of nitrogens with one attached hydrogen (secondary N) is 1. The average molecular weight is 435 g/mol. The van der Waals surface area contributed by atoms with Crippen molar-refractivity contribution in [1.82, 2.24) is 10.2 Å². The van der Waals surface area contributed by atoms with Crippen LogP contribution >= 0.6 is 8.25 Å². The fraction of sp³-hybridized carbons (Fsp3) is 0.778. The van der Waals surface area contributed by atoms with Crippen molar-refractivity contribution in [3.8, 4) is 0 Å². The Morgan fingerprint density at radius 1 is 1.56 bits per heavy atom. The Labute approximate surface area is 111 Å². The van der Waals surface area contributed by atoms with Crippen LogP contribution in [-0.2, 0) is 32.9 Å². The first-order valence-corrected chi connectivity index (χ1v) is 15.8. The number of hydrogen-bond acceptors (Lipinski definition) is 3. The van der Waals surface area contributed by atoms with E-state index in [4.69, 9.17) is 13.0 Å². The molecule has 88 valence electrons. The van der Waals surface area contributed by atoms with Gasteiger partial charge in [-0.05, 0) is 0 Å². The maximum absolute atomic E-state index is 11.9. The first kappa shape index (κ1) is 14.2. The van der Waals surface area contributed by atoms with E-state index in [9.17, 15) is 9.59 Å². The molecule has 0 aromatic carbocycles. The Morgan fingerprint density at radius 2 is 2.19 bits per heavy atom. The summed E-state index contributed by atoms with van der Waals surface area (Å²) in [5.41, 5.74) is -0.805. The number of hydrogen-bond donors (Lipinski definition) is 1. The molecule has 3 amide bonds. The number of rotatable bonds is 5. The molecule has 0 radical (unpaired) electrons. The topological polar surface area (TPSA) is 58.6 Å². The molecule has 0 spiro atoms. The molecule has 1 fully saturated rings. The number of urea groups is 1. The summed E-state index contributed by atoms with van der Waals surface area (Å²) in [5.74, 6) is -0.203. The molecule has 1 aliphatic heterocycles. The fourth-order valence-corrected chi connectivity index (χ4v) is 6.30. The van der Waals surface area contributed by atoms with Crippen LogP contribution in [0, 0.1) is 0 Å². The van der Waals surface area contributed by atoms with Crippen molar-refractivity contribution in [1.29, 1.82) is 0 Å². The van der Waals surface area contributed by atoms with Gasteiger partial charge in [-0.1, -0.05) is 0 Å². The number of nitrogens with zero attached hydrogens (tertiary/aromatic N) is 1. The molecule has 0 aromatic heterocycles. The standard InChI is InChI=1S/C9H15N2O3.ClH.Hg/c1-6(14-4)5-11-7(12)9(2,3)10-8(11)13;;/h6H,1,5H2,2-4H3,(H,10,13);1H;/q;;+1/p-1. The first-order chi connectivity index (χ1) is 7.42. The quantitative estimate of drug-likeness (QED) is 0.518. The van der Waals surface area contributed by atoms with Crippen molar-refractivity contribution in [3.05, 3.63) is 0 Å². The number of carbonyl (C=O) groups excluding carboxylic acids is 2. The van der Waals surface area contributed by atoms with Crippen LogP contribution in [0.1, 0.15) is 13.8 Å². The van der Waals surface area contributed by atoms with Gasteiger partial charge in [0.2, 0.25) is 0 Å². The van der Waals surface area contributed by atoms with Crippen molar-refractivity contribution in [2.75, 3.05) is 13.7 Å². The minimum atomic E-state index is -1.33. The van der Waals surface area contributed by atoms with Crippen LogP contribution in [-0.4, -0.2) is 42.1 Å². The van der Waals surface area contributed by atoms with Gasteiger partial charge in [0, 0.05) is 0 Å². The summed E-state index contributed by atoms with van der Waals surface area (Å²) in [4.78, 5) is 24.7. The zero-order chi connectivity index (χ0) is 12.3. The number of methoxy groups -OCH3 is 1. The predicted octanol–water partition coefficient (Wildman–Crippen LogP) is 0.986. The van der Waals surface area contributed by atoms with Crippen LogP contribution in [0.5, 0.6) is 0 Å². The summed E-state index contributed by atoms with van der Waals surface area (Å²) in [7, 11) is 7.41. The molecular weight excluding hydrogens is 420 g/mol. The molecule has 1 atom stereocenters. The Morgan fingerprint density at radius 3 is 2.56 bits per heavy atom. The van der Waals surface area contributed by atoms with Gasteiger partial charge in [-0.3, -0.25) is 0 Å². The summed E-state index contributed by atoms with van der Waals surface area (Å²) < 4.78 is 6.04. The van der Waals surface area contributed by atoms with Crippen molar-refractivity contribution in [3.63, 3.8) is 0 Å². The Bertz CT molecular complexity index is 298. The number of imide groups is 1. The Kier molecular flexibility index (Phi) is 5.00. The third kappa shape index (κ3) is 3.08. The van der Waals surface area contributed by atoms with Crippen LogP contribution < -0.4 is 5.32 Å². The third-order valence-electron chi connectivity index (χ3n) is 2.60. The molecule has 1 saturated heterocycles. The van der Waals surface area contributed by atoms with Gasteiger partial charge in [0.15, 0.2) is 0 Å². The summed E-state index contributed by atoms with van der Waals surface area (Å²) in [6.45, 7) is 3.69. The van der Waals surface area contributed by atoms with Crippen LogP contribution in [0.4, 0.5) is 4.79 Å².